The molecule has 2 N–H and O–H groups in total. The van der Waals surface area contributed by atoms with Crippen LogP contribution in [0.2, 0.25) is 0 Å². The lowest BCUT2D eigenvalue weighted by molar-refractivity contribution is 0.0697. The van der Waals surface area contributed by atoms with Gasteiger partial charge >= 0.3 is 5.97 Å². The van der Waals surface area contributed by atoms with Crippen molar-refractivity contribution in [2.45, 2.75) is 11.8 Å². The third-order valence-electron chi connectivity index (χ3n) is 3.44. The molecule has 7 nitrogen and oxygen atoms in total. The van der Waals surface area contributed by atoms with E-state index in [4.69, 9.17) is 9.84 Å². The van der Waals surface area contributed by atoms with Gasteiger partial charge in [-0.25, -0.2) is 13.2 Å². The van der Waals surface area contributed by atoms with Crippen LogP contribution < -0.4 is 10.2 Å². The highest BCUT2D eigenvalue weighted by molar-refractivity contribution is 7.90. The first-order chi connectivity index (χ1) is 11.7. The third-order valence-corrected chi connectivity index (χ3v) is 4.58. The SMILES string of the molecule is COc1cc(/C(C)=N/Nc2cccc(C(=O)O)c2)ccc1S(C)(=O)=O. The Kier molecular flexibility index (Phi) is 5.43. The molecule has 0 fully saturated rings. The Bertz CT molecular complexity index is 936. The summed E-state index contributed by atoms with van der Waals surface area (Å²) in [6, 6.07) is 10.9. The minimum atomic E-state index is -3.39. The molecule has 0 aliphatic carbocycles. The second-order valence-corrected chi connectivity index (χ2v) is 7.32. The number of methoxy groups -OCH3 is 1. The van der Waals surface area contributed by atoms with Crippen LogP contribution in [0.5, 0.6) is 5.75 Å². The van der Waals surface area contributed by atoms with Crippen LogP contribution in [0.25, 0.3) is 0 Å². The normalized spacial score (nSPS) is 11.9. The van der Waals surface area contributed by atoms with Crippen molar-refractivity contribution in [1.82, 2.24) is 0 Å². The van der Waals surface area contributed by atoms with Crippen LogP contribution in [0, 0.1) is 0 Å². The van der Waals surface area contributed by atoms with Gasteiger partial charge in [-0.15, -0.1) is 0 Å². The van der Waals surface area contributed by atoms with E-state index in [1.807, 2.05) is 0 Å². The number of benzene rings is 2. The topological polar surface area (TPSA) is 105 Å². The molecule has 2 aromatic rings. The number of nitrogens with zero attached hydrogens (tertiary/aromatic N) is 1. The molecule has 0 aliphatic heterocycles. The van der Waals surface area contributed by atoms with E-state index in [-0.39, 0.29) is 16.2 Å². The molecule has 8 heteroatoms. The van der Waals surface area contributed by atoms with Gasteiger partial charge < -0.3 is 9.84 Å². The van der Waals surface area contributed by atoms with E-state index in [0.29, 0.717) is 17.0 Å². The van der Waals surface area contributed by atoms with E-state index in [2.05, 4.69) is 10.5 Å². The van der Waals surface area contributed by atoms with Crippen LogP contribution in [-0.4, -0.2) is 38.6 Å². The molecule has 0 aliphatic rings. The molecule has 0 atom stereocenters. The molecule has 0 bridgehead atoms. The minimum Gasteiger partial charge on any atom is -0.495 e. The van der Waals surface area contributed by atoms with Gasteiger partial charge in [-0.2, -0.15) is 5.10 Å². The van der Waals surface area contributed by atoms with Crippen molar-refractivity contribution in [3.8, 4) is 5.75 Å². The van der Waals surface area contributed by atoms with Gasteiger partial charge in [-0.1, -0.05) is 12.1 Å². The molecule has 0 heterocycles. The molecule has 0 amide bonds. The summed E-state index contributed by atoms with van der Waals surface area (Å²) in [6.45, 7) is 1.74. The molecule has 0 unspecified atom stereocenters. The predicted octanol–water partition coefficient (Wildman–Crippen LogP) is 2.63. The summed E-state index contributed by atoms with van der Waals surface area (Å²) in [5.74, 6) is -0.784. The Morgan fingerprint density at radius 3 is 2.48 bits per heavy atom. The number of aromatic carboxylic acids is 1. The predicted molar refractivity (Wildman–Crippen MR) is 95.3 cm³/mol. The third kappa shape index (κ3) is 4.57. The largest absolute Gasteiger partial charge is 0.495 e. The minimum absolute atomic E-state index is 0.105. The van der Waals surface area contributed by atoms with Crippen molar-refractivity contribution in [3.05, 3.63) is 53.6 Å². The van der Waals surface area contributed by atoms with E-state index in [1.54, 1.807) is 31.2 Å². The van der Waals surface area contributed by atoms with Crippen LogP contribution in [0.15, 0.2) is 52.5 Å². The smallest absolute Gasteiger partial charge is 0.335 e. The molecule has 132 valence electrons. The van der Waals surface area contributed by atoms with Gasteiger partial charge in [0.1, 0.15) is 10.6 Å². The second kappa shape index (κ2) is 7.35. The van der Waals surface area contributed by atoms with Crippen molar-refractivity contribution in [2.75, 3.05) is 18.8 Å². The van der Waals surface area contributed by atoms with Crippen LogP contribution in [0.4, 0.5) is 5.69 Å². The van der Waals surface area contributed by atoms with Gasteiger partial charge in [-0.05, 0) is 37.3 Å². The summed E-state index contributed by atoms with van der Waals surface area (Å²) in [5, 5.41) is 13.2. The number of carboxylic acids is 1. The number of carboxylic acid groups (broad SMARTS) is 1. The molecule has 0 saturated heterocycles. The van der Waals surface area contributed by atoms with Crippen LogP contribution in [0.1, 0.15) is 22.8 Å². The fourth-order valence-corrected chi connectivity index (χ4v) is 2.96. The first kappa shape index (κ1) is 18.5. The number of rotatable bonds is 6. The summed E-state index contributed by atoms with van der Waals surface area (Å²) in [4.78, 5) is 11.1. The summed E-state index contributed by atoms with van der Waals surface area (Å²) >= 11 is 0. The van der Waals surface area contributed by atoms with Gasteiger partial charge in [0.2, 0.25) is 0 Å². The lowest BCUT2D eigenvalue weighted by Crippen LogP contribution is -2.05. The monoisotopic (exact) mass is 362 g/mol. The number of anilines is 1. The van der Waals surface area contributed by atoms with E-state index in [1.165, 1.54) is 25.3 Å². The number of carbonyl (C=O) groups is 1. The first-order valence-electron chi connectivity index (χ1n) is 7.24. The van der Waals surface area contributed by atoms with Gasteiger partial charge in [-0.3, -0.25) is 5.43 Å². The highest BCUT2D eigenvalue weighted by atomic mass is 32.2. The van der Waals surface area contributed by atoms with Gasteiger partial charge in [0.25, 0.3) is 0 Å². The van der Waals surface area contributed by atoms with Crippen molar-refractivity contribution < 1.29 is 23.1 Å². The van der Waals surface area contributed by atoms with Crippen molar-refractivity contribution >= 4 is 27.2 Å². The molecule has 0 spiro atoms. The van der Waals surface area contributed by atoms with Crippen LogP contribution in [0.3, 0.4) is 0 Å². The zero-order chi connectivity index (χ0) is 18.6. The molecule has 2 aromatic carbocycles. The number of sulfone groups is 1. The fraction of sp³-hybridized carbons (Fsp3) is 0.176. The number of hydrogen-bond donors (Lipinski definition) is 2. The second-order valence-electron chi connectivity index (χ2n) is 5.33. The Morgan fingerprint density at radius 2 is 1.88 bits per heavy atom. The van der Waals surface area contributed by atoms with Crippen LogP contribution in [-0.2, 0) is 9.84 Å². The van der Waals surface area contributed by atoms with E-state index >= 15 is 0 Å². The van der Waals surface area contributed by atoms with Crippen LogP contribution >= 0.6 is 0 Å². The highest BCUT2D eigenvalue weighted by Gasteiger charge is 2.15. The summed E-state index contributed by atoms with van der Waals surface area (Å²) < 4.78 is 28.6. The highest BCUT2D eigenvalue weighted by Crippen LogP contribution is 2.25. The Balaban J connectivity index is 2.28. The lowest BCUT2D eigenvalue weighted by atomic mass is 10.1. The Labute approximate surface area is 145 Å². The van der Waals surface area contributed by atoms with E-state index in [0.717, 1.165) is 6.26 Å². The zero-order valence-electron chi connectivity index (χ0n) is 14.0. The maximum absolute atomic E-state index is 11.7. The number of ether oxygens (including phenoxy) is 1. The molecule has 0 aromatic heterocycles. The van der Waals surface area contributed by atoms with E-state index in [9.17, 15) is 13.2 Å². The standard InChI is InChI=1S/C17H18N2O5S/c1-11(18-19-14-6-4-5-13(9-14)17(20)21)12-7-8-16(25(3,22)23)15(10-12)24-2/h4-10,19H,1-3H3,(H,20,21)/b18-11+. The summed E-state index contributed by atoms with van der Waals surface area (Å²) in [7, 11) is -1.99. The van der Waals surface area contributed by atoms with Gasteiger partial charge in [0.15, 0.2) is 9.84 Å². The molecule has 2 rings (SSSR count). The maximum atomic E-state index is 11.7. The number of hydrazone groups is 1. The lowest BCUT2D eigenvalue weighted by Gasteiger charge is -2.10. The number of hydrogen-bond acceptors (Lipinski definition) is 6. The van der Waals surface area contributed by atoms with Gasteiger partial charge in [0, 0.05) is 11.8 Å². The summed E-state index contributed by atoms with van der Waals surface area (Å²) in [5.41, 5.74) is 4.72. The Hall–Kier alpha value is -2.87. The average Bonchev–Trinajstić information content (AvgIpc) is 2.58. The molecule has 0 radical (unpaired) electrons. The molecular weight excluding hydrogens is 344 g/mol. The molecular formula is C17H18N2O5S. The number of nitrogens with one attached hydrogen (secondary N) is 1. The average molecular weight is 362 g/mol. The quantitative estimate of drug-likeness (QED) is 0.604. The van der Waals surface area contributed by atoms with Gasteiger partial charge in [0.05, 0.1) is 24.1 Å². The van der Waals surface area contributed by atoms with E-state index < -0.39 is 15.8 Å². The maximum Gasteiger partial charge on any atom is 0.335 e. The van der Waals surface area contributed by atoms with Crippen molar-refractivity contribution in [1.29, 1.82) is 0 Å². The Morgan fingerprint density at radius 1 is 1.16 bits per heavy atom. The zero-order valence-corrected chi connectivity index (χ0v) is 14.8. The summed E-state index contributed by atoms with van der Waals surface area (Å²) in [6.07, 6.45) is 1.11. The first-order valence-corrected chi connectivity index (χ1v) is 9.13. The molecule has 0 saturated carbocycles. The van der Waals surface area contributed by atoms with Crippen molar-refractivity contribution in [2.24, 2.45) is 5.10 Å². The molecule has 25 heavy (non-hydrogen) atoms. The fourth-order valence-electron chi connectivity index (χ4n) is 2.13. The van der Waals surface area contributed by atoms with Crippen molar-refractivity contribution in [3.63, 3.8) is 0 Å².